The van der Waals surface area contributed by atoms with Gasteiger partial charge in [-0.2, -0.15) is 0 Å². The zero-order valence-corrected chi connectivity index (χ0v) is 9.48. The first-order valence-corrected chi connectivity index (χ1v) is 6.05. The summed E-state index contributed by atoms with van der Waals surface area (Å²) in [4.78, 5) is 9.31. The first-order valence-electron chi connectivity index (χ1n) is 6.05. The van der Waals surface area contributed by atoms with Crippen LogP contribution in [-0.4, -0.2) is 35.6 Å². The Morgan fingerprint density at radius 2 is 2.06 bits per heavy atom. The van der Waals surface area contributed by atoms with Gasteiger partial charge < -0.3 is 10.6 Å². The fraction of sp³-hybridized carbons (Fsp3) is 0.385. The molecule has 1 aromatic heterocycles. The van der Waals surface area contributed by atoms with E-state index in [4.69, 9.17) is 4.98 Å². The number of rotatable bonds is 1. The summed E-state index contributed by atoms with van der Waals surface area (Å²) in [7, 11) is 0. The van der Waals surface area contributed by atoms with Crippen molar-refractivity contribution in [2.24, 2.45) is 0 Å². The molecule has 1 aromatic carbocycles. The summed E-state index contributed by atoms with van der Waals surface area (Å²) in [5.74, 6) is 0. The number of para-hydroxylation sites is 2. The van der Waals surface area contributed by atoms with Gasteiger partial charge in [0.1, 0.15) is 0 Å². The zero-order chi connectivity index (χ0) is 11.3. The number of benzene rings is 1. The Morgan fingerprint density at radius 3 is 2.82 bits per heavy atom. The third kappa shape index (κ3) is 1.19. The van der Waals surface area contributed by atoms with Crippen LogP contribution in [0.1, 0.15) is 5.69 Å². The molecule has 0 spiro atoms. The Hall–Kier alpha value is -1.52. The lowest BCUT2D eigenvalue weighted by atomic mass is 9.73. The summed E-state index contributed by atoms with van der Waals surface area (Å²) in [5.41, 5.74) is 3.28. The van der Waals surface area contributed by atoms with Gasteiger partial charge in [-0.1, -0.05) is 12.1 Å². The SMILES string of the molecule is c1ccc2nc(C34CNCC3NC4)cnc2c1. The lowest BCUT2D eigenvalue weighted by Crippen LogP contribution is -2.65. The summed E-state index contributed by atoms with van der Waals surface area (Å²) < 4.78 is 0. The fourth-order valence-corrected chi connectivity index (χ4v) is 2.94. The van der Waals surface area contributed by atoms with Crippen molar-refractivity contribution in [3.05, 3.63) is 36.2 Å². The van der Waals surface area contributed by atoms with E-state index in [2.05, 4.69) is 15.6 Å². The molecule has 2 atom stereocenters. The van der Waals surface area contributed by atoms with Crippen molar-refractivity contribution in [1.82, 2.24) is 20.6 Å². The van der Waals surface area contributed by atoms with Gasteiger partial charge in [-0.15, -0.1) is 0 Å². The Balaban J connectivity index is 1.86. The molecule has 2 N–H and O–H groups in total. The molecule has 2 fully saturated rings. The molecule has 0 saturated carbocycles. The van der Waals surface area contributed by atoms with E-state index in [-0.39, 0.29) is 5.41 Å². The first-order chi connectivity index (χ1) is 8.38. The van der Waals surface area contributed by atoms with E-state index >= 15 is 0 Å². The summed E-state index contributed by atoms with van der Waals surface area (Å²) >= 11 is 0. The highest BCUT2D eigenvalue weighted by molar-refractivity contribution is 5.73. The Bertz CT molecular complexity index is 582. The van der Waals surface area contributed by atoms with E-state index in [1.54, 1.807) is 0 Å². The van der Waals surface area contributed by atoms with Crippen LogP contribution >= 0.6 is 0 Å². The van der Waals surface area contributed by atoms with Gasteiger partial charge in [0.2, 0.25) is 0 Å². The smallest absolute Gasteiger partial charge is 0.0890 e. The van der Waals surface area contributed by atoms with Crippen molar-refractivity contribution >= 4 is 11.0 Å². The van der Waals surface area contributed by atoms with Crippen molar-refractivity contribution in [2.75, 3.05) is 19.6 Å². The highest BCUT2D eigenvalue weighted by atomic mass is 15.2. The van der Waals surface area contributed by atoms with Gasteiger partial charge in [0.25, 0.3) is 0 Å². The van der Waals surface area contributed by atoms with E-state index in [9.17, 15) is 0 Å². The molecule has 4 rings (SSSR count). The minimum absolute atomic E-state index is 0.178. The minimum atomic E-state index is 0.178. The highest BCUT2D eigenvalue weighted by Crippen LogP contribution is 2.35. The molecule has 4 heteroatoms. The Kier molecular flexibility index (Phi) is 1.81. The standard InChI is InChI=1S/C13H14N4/c1-2-4-10-9(3-1)15-6-12(17-10)13-7-14-5-11(13)16-8-13/h1-4,6,11,14,16H,5,7-8H2. The third-order valence-corrected chi connectivity index (χ3v) is 4.08. The van der Waals surface area contributed by atoms with Crippen LogP contribution < -0.4 is 10.6 Å². The Labute approximate surface area is 99.5 Å². The van der Waals surface area contributed by atoms with Crippen LogP contribution in [0.3, 0.4) is 0 Å². The molecule has 17 heavy (non-hydrogen) atoms. The van der Waals surface area contributed by atoms with Gasteiger partial charge in [0.15, 0.2) is 0 Å². The molecule has 3 heterocycles. The van der Waals surface area contributed by atoms with Crippen LogP contribution in [0, 0.1) is 0 Å². The van der Waals surface area contributed by atoms with Gasteiger partial charge >= 0.3 is 0 Å². The average Bonchev–Trinajstić information content (AvgIpc) is 2.65. The van der Waals surface area contributed by atoms with Crippen molar-refractivity contribution in [2.45, 2.75) is 11.5 Å². The number of aromatic nitrogens is 2. The number of hydrogen-bond donors (Lipinski definition) is 2. The third-order valence-electron chi connectivity index (χ3n) is 4.08. The van der Waals surface area contributed by atoms with Gasteiger partial charge in [-0.25, -0.2) is 4.98 Å². The second kappa shape index (κ2) is 3.24. The number of nitrogens with one attached hydrogen (secondary N) is 2. The molecule has 4 nitrogen and oxygen atoms in total. The van der Waals surface area contributed by atoms with E-state index in [0.717, 1.165) is 36.4 Å². The van der Waals surface area contributed by atoms with E-state index < -0.39 is 0 Å². The second-order valence-electron chi connectivity index (χ2n) is 4.96. The summed E-state index contributed by atoms with van der Waals surface area (Å²) in [6, 6.07) is 8.58. The van der Waals surface area contributed by atoms with Crippen LogP contribution in [0.4, 0.5) is 0 Å². The van der Waals surface area contributed by atoms with Crippen LogP contribution in [0.15, 0.2) is 30.5 Å². The molecule has 0 bridgehead atoms. The highest BCUT2D eigenvalue weighted by Gasteiger charge is 2.52. The molecule has 2 aliphatic rings. The maximum atomic E-state index is 4.79. The molecular formula is C13H14N4. The lowest BCUT2D eigenvalue weighted by Gasteiger charge is -2.44. The topological polar surface area (TPSA) is 49.8 Å². The molecule has 2 aromatic rings. The van der Waals surface area contributed by atoms with Gasteiger partial charge in [-0.05, 0) is 12.1 Å². The number of nitrogens with zero attached hydrogens (tertiary/aromatic N) is 2. The maximum absolute atomic E-state index is 4.79. The van der Waals surface area contributed by atoms with E-state index in [0.29, 0.717) is 6.04 Å². The average molecular weight is 226 g/mol. The summed E-state index contributed by atoms with van der Waals surface area (Å²) in [6.07, 6.45) is 1.95. The molecule has 2 aliphatic heterocycles. The van der Waals surface area contributed by atoms with Gasteiger partial charge in [-0.3, -0.25) is 4.98 Å². The van der Waals surface area contributed by atoms with Gasteiger partial charge in [0.05, 0.1) is 22.1 Å². The molecule has 2 unspecified atom stereocenters. The largest absolute Gasteiger partial charge is 0.314 e. The number of hydrogen-bond acceptors (Lipinski definition) is 4. The van der Waals surface area contributed by atoms with E-state index in [1.165, 1.54) is 0 Å². The number of fused-ring (bicyclic) bond motifs is 2. The van der Waals surface area contributed by atoms with Gasteiger partial charge in [0, 0.05) is 31.9 Å². The minimum Gasteiger partial charge on any atom is -0.314 e. The van der Waals surface area contributed by atoms with Crippen LogP contribution in [0.25, 0.3) is 11.0 Å². The summed E-state index contributed by atoms with van der Waals surface area (Å²) in [5, 5.41) is 6.91. The Morgan fingerprint density at radius 1 is 1.18 bits per heavy atom. The fourth-order valence-electron chi connectivity index (χ4n) is 2.94. The molecule has 0 aliphatic carbocycles. The molecular weight excluding hydrogens is 212 g/mol. The quantitative estimate of drug-likeness (QED) is 0.741. The van der Waals surface area contributed by atoms with Crippen LogP contribution in [0.2, 0.25) is 0 Å². The zero-order valence-electron chi connectivity index (χ0n) is 9.48. The molecule has 0 radical (unpaired) electrons. The maximum Gasteiger partial charge on any atom is 0.0890 e. The van der Waals surface area contributed by atoms with Crippen molar-refractivity contribution in [3.63, 3.8) is 0 Å². The monoisotopic (exact) mass is 226 g/mol. The molecule has 2 saturated heterocycles. The molecule has 86 valence electrons. The van der Waals surface area contributed by atoms with Crippen LogP contribution in [0.5, 0.6) is 0 Å². The van der Waals surface area contributed by atoms with Crippen LogP contribution in [-0.2, 0) is 5.41 Å². The summed E-state index contributed by atoms with van der Waals surface area (Å²) in [6.45, 7) is 3.06. The molecule has 0 amide bonds. The lowest BCUT2D eigenvalue weighted by molar-refractivity contribution is 0.229. The van der Waals surface area contributed by atoms with Crippen molar-refractivity contribution in [3.8, 4) is 0 Å². The van der Waals surface area contributed by atoms with Crippen molar-refractivity contribution < 1.29 is 0 Å². The first kappa shape index (κ1) is 9.50. The van der Waals surface area contributed by atoms with E-state index in [1.807, 2.05) is 30.5 Å². The predicted molar refractivity (Wildman–Crippen MR) is 65.9 cm³/mol. The normalized spacial score (nSPS) is 31.2. The predicted octanol–water partition coefficient (Wildman–Crippen LogP) is 0.443. The second-order valence-corrected chi connectivity index (χ2v) is 4.96. The van der Waals surface area contributed by atoms with Crippen molar-refractivity contribution in [1.29, 1.82) is 0 Å².